The molecule has 19 heavy (non-hydrogen) atoms. The fourth-order valence-electron chi connectivity index (χ4n) is 2.81. The fourth-order valence-corrected chi connectivity index (χ4v) is 2.81. The second-order valence-corrected chi connectivity index (χ2v) is 5.71. The highest BCUT2D eigenvalue weighted by Crippen LogP contribution is 2.32. The summed E-state index contributed by atoms with van der Waals surface area (Å²) >= 11 is 0. The van der Waals surface area contributed by atoms with E-state index in [9.17, 15) is 5.11 Å². The van der Waals surface area contributed by atoms with Gasteiger partial charge < -0.3 is 15.2 Å². The second kappa shape index (κ2) is 6.40. The first-order chi connectivity index (χ1) is 9.15. The third kappa shape index (κ3) is 3.28. The lowest BCUT2D eigenvalue weighted by molar-refractivity contribution is 0.194. The summed E-state index contributed by atoms with van der Waals surface area (Å²) in [5.74, 6) is 1.37. The van der Waals surface area contributed by atoms with Gasteiger partial charge in [0.15, 0.2) is 0 Å². The molecule has 0 aromatic heterocycles. The normalized spacial score (nSPS) is 20.2. The first kappa shape index (κ1) is 14.4. The molecule has 1 aromatic carbocycles. The highest BCUT2D eigenvalue weighted by atomic mass is 16.5. The molecule has 1 aliphatic rings. The van der Waals surface area contributed by atoms with Crippen LogP contribution in [0.2, 0.25) is 0 Å². The van der Waals surface area contributed by atoms with Crippen LogP contribution < -0.4 is 10.1 Å². The Bertz CT molecular complexity index is 417. The molecule has 0 amide bonds. The highest BCUT2D eigenvalue weighted by molar-refractivity contribution is 5.39. The van der Waals surface area contributed by atoms with Crippen LogP contribution in [0.1, 0.15) is 43.9 Å². The zero-order chi connectivity index (χ0) is 13.8. The Hall–Kier alpha value is -1.06. The van der Waals surface area contributed by atoms with Gasteiger partial charge in [-0.15, -0.1) is 0 Å². The SMILES string of the molecule is COc1ccc2c(c1)CCCC2NC(CO)C(C)C. The maximum absolute atomic E-state index is 9.47. The number of hydrogen-bond donors (Lipinski definition) is 2. The molecule has 2 rings (SSSR count). The Morgan fingerprint density at radius 1 is 1.42 bits per heavy atom. The largest absolute Gasteiger partial charge is 0.497 e. The van der Waals surface area contributed by atoms with Crippen LogP contribution in [0.25, 0.3) is 0 Å². The van der Waals surface area contributed by atoms with Crippen molar-refractivity contribution >= 4 is 0 Å². The van der Waals surface area contributed by atoms with Crippen molar-refractivity contribution < 1.29 is 9.84 Å². The zero-order valence-corrected chi connectivity index (χ0v) is 12.1. The van der Waals surface area contributed by atoms with E-state index in [1.54, 1.807) is 7.11 Å². The van der Waals surface area contributed by atoms with Crippen LogP contribution in [0.4, 0.5) is 0 Å². The summed E-state index contributed by atoms with van der Waals surface area (Å²) in [7, 11) is 1.71. The highest BCUT2D eigenvalue weighted by Gasteiger charge is 2.24. The minimum atomic E-state index is 0.165. The van der Waals surface area contributed by atoms with Crippen molar-refractivity contribution in [2.24, 2.45) is 5.92 Å². The topological polar surface area (TPSA) is 41.5 Å². The van der Waals surface area contributed by atoms with Gasteiger partial charge in [-0.1, -0.05) is 19.9 Å². The standard InChI is InChI=1S/C16H25NO2/c1-11(2)16(10-18)17-15-6-4-5-12-9-13(19-3)7-8-14(12)15/h7-9,11,15-18H,4-6,10H2,1-3H3. The van der Waals surface area contributed by atoms with Gasteiger partial charge in [-0.3, -0.25) is 0 Å². The summed E-state index contributed by atoms with van der Waals surface area (Å²) in [5, 5.41) is 13.1. The fraction of sp³-hybridized carbons (Fsp3) is 0.625. The summed E-state index contributed by atoms with van der Waals surface area (Å²) in [5.41, 5.74) is 2.75. The summed E-state index contributed by atoms with van der Waals surface area (Å²) in [6.45, 7) is 4.48. The lowest BCUT2D eigenvalue weighted by atomic mass is 9.86. The minimum absolute atomic E-state index is 0.165. The Labute approximate surface area is 116 Å². The molecule has 2 atom stereocenters. The lowest BCUT2D eigenvalue weighted by Gasteiger charge is -2.31. The molecule has 106 valence electrons. The van der Waals surface area contributed by atoms with Crippen molar-refractivity contribution in [1.82, 2.24) is 5.32 Å². The summed E-state index contributed by atoms with van der Waals surface area (Å²) < 4.78 is 5.30. The number of methoxy groups -OCH3 is 1. The number of fused-ring (bicyclic) bond motifs is 1. The minimum Gasteiger partial charge on any atom is -0.497 e. The van der Waals surface area contributed by atoms with Crippen LogP contribution in [-0.4, -0.2) is 24.9 Å². The smallest absolute Gasteiger partial charge is 0.119 e. The van der Waals surface area contributed by atoms with E-state index in [-0.39, 0.29) is 12.6 Å². The van der Waals surface area contributed by atoms with Gasteiger partial charge in [-0.2, -0.15) is 0 Å². The van der Waals surface area contributed by atoms with Crippen molar-refractivity contribution in [2.75, 3.05) is 13.7 Å². The van der Waals surface area contributed by atoms with Gasteiger partial charge >= 0.3 is 0 Å². The molecule has 0 fully saturated rings. The number of benzene rings is 1. The first-order valence-corrected chi connectivity index (χ1v) is 7.19. The number of nitrogens with one attached hydrogen (secondary N) is 1. The lowest BCUT2D eigenvalue weighted by Crippen LogP contribution is -2.40. The molecule has 1 aromatic rings. The van der Waals surface area contributed by atoms with Gasteiger partial charge in [0.2, 0.25) is 0 Å². The Morgan fingerprint density at radius 2 is 2.21 bits per heavy atom. The van der Waals surface area contributed by atoms with Crippen LogP contribution in [0.15, 0.2) is 18.2 Å². The van der Waals surface area contributed by atoms with Gasteiger partial charge in [-0.25, -0.2) is 0 Å². The Balaban J connectivity index is 2.17. The van der Waals surface area contributed by atoms with Crippen molar-refractivity contribution in [3.05, 3.63) is 29.3 Å². The molecule has 0 saturated heterocycles. The maximum atomic E-state index is 9.47. The number of hydrogen-bond acceptors (Lipinski definition) is 3. The number of ether oxygens (including phenoxy) is 1. The van der Waals surface area contributed by atoms with Crippen molar-refractivity contribution in [2.45, 2.75) is 45.2 Å². The van der Waals surface area contributed by atoms with Crippen molar-refractivity contribution in [3.63, 3.8) is 0 Å². The molecule has 3 nitrogen and oxygen atoms in total. The first-order valence-electron chi connectivity index (χ1n) is 7.19. The summed E-state index contributed by atoms with van der Waals surface area (Å²) in [4.78, 5) is 0. The number of aliphatic hydroxyl groups is 1. The molecule has 1 aliphatic carbocycles. The summed E-state index contributed by atoms with van der Waals surface area (Å²) in [6, 6.07) is 6.86. The third-order valence-corrected chi connectivity index (χ3v) is 4.08. The second-order valence-electron chi connectivity index (χ2n) is 5.71. The molecule has 3 heteroatoms. The van der Waals surface area contributed by atoms with Gasteiger partial charge in [0.25, 0.3) is 0 Å². The van der Waals surface area contributed by atoms with E-state index in [2.05, 4.69) is 31.3 Å². The molecule has 0 aliphatic heterocycles. The van der Waals surface area contributed by atoms with Crippen LogP contribution in [0.5, 0.6) is 5.75 Å². The van der Waals surface area contributed by atoms with Crippen LogP contribution in [0, 0.1) is 5.92 Å². The molecular formula is C16H25NO2. The van der Waals surface area contributed by atoms with E-state index in [1.165, 1.54) is 17.5 Å². The predicted molar refractivity (Wildman–Crippen MR) is 77.5 cm³/mol. The van der Waals surface area contributed by atoms with Crippen LogP contribution in [-0.2, 0) is 6.42 Å². The average Bonchev–Trinajstić information content (AvgIpc) is 2.43. The number of rotatable bonds is 5. The number of aliphatic hydroxyl groups excluding tert-OH is 1. The van der Waals surface area contributed by atoms with E-state index >= 15 is 0 Å². The van der Waals surface area contributed by atoms with Crippen molar-refractivity contribution in [3.8, 4) is 5.75 Å². The number of aryl methyl sites for hydroxylation is 1. The van der Waals surface area contributed by atoms with Crippen LogP contribution in [0.3, 0.4) is 0 Å². The molecular weight excluding hydrogens is 238 g/mol. The average molecular weight is 263 g/mol. The van der Waals surface area contributed by atoms with E-state index in [1.807, 2.05) is 6.07 Å². The molecule has 0 heterocycles. The molecule has 2 unspecified atom stereocenters. The quantitative estimate of drug-likeness (QED) is 0.858. The third-order valence-electron chi connectivity index (χ3n) is 4.08. The zero-order valence-electron chi connectivity index (χ0n) is 12.1. The molecule has 0 saturated carbocycles. The van der Waals surface area contributed by atoms with Gasteiger partial charge in [0.05, 0.1) is 13.7 Å². The predicted octanol–water partition coefficient (Wildman–Crippen LogP) is 2.68. The Kier molecular flexibility index (Phi) is 4.83. The van der Waals surface area contributed by atoms with E-state index in [0.29, 0.717) is 12.0 Å². The maximum Gasteiger partial charge on any atom is 0.119 e. The van der Waals surface area contributed by atoms with Crippen molar-refractivity contribution in [1.29, 1.82) is 0 Å². The molecule has 0 radical (unpaired) electrons. The molecule has 0 bridgehead atoms. The van der Waals surface area contributed by atoms with Gasteiger partial charge in [-0.05, 0) is 48.4 Å². The van der Waals surface area contributed by atoms with Crippen LogP contribution >= 0.6 is 0 Å². The molecule has 0 spiro atoms. The van der Waals surface area contributed by atoms with E-state index in [4.69, 9.17) is 4.74 Å². The Morgan fingerprint density at radius 3 is 2.84 bits per heavy atom. The monoisotopic (exact) mass is 263 g/mol. The van der Waals surface area contributed by atoms with Gasteiger partial charge in [0, 0.05) is 12.1 Å². The van der Waals surface area contributed by atoms with E-state index < -0.39 is 0 Å². The molecule has 2 N–H and O–H groups in total. The van der Waals surface area contributed by atoms with Gasteiger partial charge in [0.1, 0.15) is 5.75 Å². The summed E-state index contributed by atoms with van der Waals surface area (Å²) in [6.07, 6.45) is 3.45. The van der Waals surface area contributed by atoms with E-state index in [0.717, 1.165) is 18.6 Å².